The fourth-order valence-corrected chi connectivity index (χ4v) is 4.27. The topological polar surface area (TPSA) is 38.9 Å². The molecule has 3 rings (SSSR count). The third-order valence-electron chi connectivity index (χ3n) is 4.20. The Labute approximate surface area is 118 Å². The average Bonchev–Trinajstić information content (AvgIpc) is 2.98. The minimum absolute atomic E-state index is 0.137. The number of nitrogens with zero attached hydrogens (tertiary/aromatic N) is 1. The summed E-state index contributed by atoms with van der Waals surface area (Å²) in [6.45, 7) is 0.543. The second-order valence-corrected chi connectivity index (χ2v) is 6.22. The molecule has 2 N–H and O–H groups in total. The molecule has 0 bridgehead atoms. The number of aromatic nitrogens is 1. The standard InChI is InChI=1S/C16H20N2S/c17-11-14-12-19-15(18-14)16(9-5-2-6-10-16)13-7-3-1-4-8-13/h1,3-4,7-8,12H,2,5-6,9-11,17H2. The molecule has 1 saturated carbocycles. The van der Waals surface area contributed by atoms with Crippen molar-refractivity contribution >= 4 is 11.3 Å². The summed E-state index contributed by atoms with van der Waals surface area (Å²) in [4.78, 5) is 4.79. The number of hydrogen-bond donors (Lipinski definition) is 1. The number of rotatable bonds is 3. The Morgan fingerprint density at radius 2 is 1.84 bits per heavy atom. The van der Waals surface area contributed by atoms with Gasteiger partial charge in [-0.2, -0.15) is 0 Å². The zero-order valence-corrected chi connectivity index (χ0v) is 12.0. The first-order valence-electron chi connectivity index (χ1n) is 7.06. The average molecular weight is 272 g/mol. The smallest absolute Gasteiger partial charge is 0.103 e. The van der Waals surface area contributed by atoms with Crippen molar-refractivity contribution in [2.75, 3.05) is 0 Å². The van der Waals surface area contributed by atoms with Crippen molar-refractivity contribution in [1.29, 1.82) is 0 Å². The zero-order valence-electron chi connectivity index (χ0n) is 11.1. The molecule has 1 aromatic carbocycles. The fraction of sp³-hybridized carbons (Fsp3) is 0.438. The van der Waals surface area contributed by atoms with E-state index in [9.17, 15) is 0 Å². The number of thiazole rings is 1. The lowest BCUT2D eigenvalue weighted by molar-refractivity contribution is 0.344. The molecule has 0 amide bonds. The highest BCUT2D eigenvalue weighted by molar-refractivity contribution is 7.09. The number of hydrogen-bond acceptors (Lipinski definition) is 3. The van der Waals surface area contributed by atoms with E-state index in [4.69, 9.17) is 10.7 Å². The number of benzene rings is 1. The quantitative estimate of drug-likeness (QED) is 0.921. The molecule has 1 aromatic heterocycles. The lowest BCUT2D eigenvalue weighted by atomic mass is 9.70. The SMILES string of the molecule is NCc1csc(C2(c3ccccc3)CCCCC2)n1. The molecule has 3 heteroatoms. The summed E-state index contributed by atoms with van der Waals surface area (Å²) in [5.41, 5.74) is 8.31. The predicted octanol–water partition coefficient (Wildman–Crippen LogP) is 3.85. The number of nitrogens with two attached hydrogens (primary N) is 1. The van der Waals surface area contributed by atoms with Crippen LogP contribution in [0.25, 0.3) is 0 Å². The van der Waals surface area contributed by atoms with E-state index in [0.29, 0.717) is 6.54 Å². The van der Waals surface area contributed by atoms with Crippen LogP contribution >= 0.6 is 11.3 Å². The van der Waals surface area contributed by atoms with Gasteiger partial charge >= 0.3 is 0 Å². The Kier molecular flexibility index (Phi) is 3.67. The first-order valence-corrected chi connectivity index (χ1v) is 7.93. The van der Waals surface area contributed by atoms with E-state index in [0.717, 1.165) is 5.69 Å². The maximum absolute atomic E-state index is 5.72. The van der Waals surface area contributed by atoms with E-state index in [1.54, 1.807) is 11.3 Å². The van der Waals surface area contributed by atoms with Crippen molar-refractivity contribution in [3.8, 4) is 0 Å². The van der Waals surface area contributed by atoms with Crippen LogP contribution in [0, 0.1) is 0 Å². The van der Waals surface area contributed by atoms with Crippen molar-refractivity contribution in [2.45, 2.75) is 44.1 Å². The van der Waals surface area contributed by atoms with Crippen LogP contribution in [0.5, 0.6) is 0 Å². The Hall–Kier alpha value is -1.19. The van der Waals surface area contributed by atoms with Gasteiger partial charge in [-0.1, -0.05) is 49.6 Å². The van der Waals surface area contributed by atoms with Crippen LogP contribution in [-0.4, -0.2) is 4.98 Å². The van der Waals surface area contributed by atoms with Gasteiger partial charge in [0.25, 0.3) is 0 Å². The van der Waals surface area contributed by atoms with E-state index in [2.05, 4.69) is 35.7 Å². The molecule has 0 saturated heterocycles. The first kappa shape index (κ1) is 12.8. The molecule has 100 valence electrons. The molecule has 1 aliphatic rings. The van der Waals surface area contributed by atoms with Gasteiger partial charge in [0.05, 0.1) is 5.69 Å². The summed E-state index contributed by atoms with van der Waals surface area (Å²) in [6.07, 6.45) is 6.38. The lowest BCUT2D eigenvalue weighted by Crippen LogP contribution is -2.30. The highest BCUT2D eigenvalue weighted by Crippen LogP contribution is 2.45. The summed E-state index contributed by atoms with van der Waals surface area (Å²) in [6, 6.07) is 10.9. The van der Waals surface area contributed by atoms with Crippen molar-refractivity contribution in [3.05, 3.63) is 52.0 Å². The highest BCUT2D eigenvalue weighted by atomic mass is 32.1. The van der Waals surface area contributed by atoms with Gasteiger partial charge in [0.15, 0.2) is 0 Å². The summed E-state index contributed by atoms with van der Waals surface area (Å²) in [5.74, 6) is 0. The third kappa shape index (κ3) is 2.33. The van der Waals surface area contributed by atoms with E-state index >= 15 is 0 Å². The Balaban J connectivity index is 2.06. The first-order chi connectivity index (χ1) is 9.35. The molecule has 0 aliphatic heterocycles. The predicted molar refractivity (Wildman–Crippen MR) is 80.3 cm³/mol. The van der Waals surface area contributed by atoms with Gasteiger partial charge in [0.1, 0.15) is 5.01 Å². The van der Waals surface area contributed by atoms with Gasteiger partial charge in [-0.15, -0.1) is 11.3 Å². The van der Waals surface area contributed by atoms with Gasteiger partial charge in [0, 0.05) is 17.3 Å². The fourth-order valence-electron chi connectivity index (χ4n) is 3.16. The lowest BCUT2D eigenvalue weighted by Gasteiger charge is -2.36. The normalized spacial score (nSPS) is 18.4. The van der Waals surface area contributed by atoms with Crippen molar-refractivity contribution in [1.82, 2.24) is 4.98 Å². The minimum atomic E-state index is 0.137. The van der Waals surface area contributed by atoms with Crippen LogP contribution in [0.2, 0.25) is 0 Å². The maximum atomic E-state index is 5.72. The van der Waals surface area contributed by atoms with E-state index in [-0.39, 0.29) is 5.41 Å². The summed E-state index contributed by atoms with van der Waals surface area (Å²) in [7, 11) is 0. The van der Waals surface area contributed by atoms with Gasteiger partial charge in [-0.05, 0) is 18.4 Å². The van der Waals surface area contributed by atoms with E-state index < -0.39 is 0 Å². The largest absolute Gasteiger partial charge is 0.325 e. The molecule has 1 aliphatic carbocycles. The van der Waals surface area contributed by atoms with Crippen LogP contribution in [0.1, 0.15) is 48.4 Å². The highest BCUT2D eigenvalue weighted by Gasteiger charge is 2.38. The Morgan fingerprint density at radius 3 is 2.47 bits per heavy atom. The van der Waals surface area contributed by atoms with Crippen LogP contribution in [-0.2, 0) is 12.0 Å². The molecular formula is C16H20N2S. The van der Waals surface area contributed by atoms with Crippen molar-refractivity contribution in [2.24, 2.45) is 5.73 Å². The van der Waals surface area contributed by atoms with Gasteiger partial charge in [0.2, 0.25) is 0 Å². The Bertz CT molecular complexity index is 527. The molecule has 0 spiro atoms. The maximum Gasteiger partial charge on any atom is 0.103 e. The molecular weight excluding hydrogens is 252 g/mol. The van der Waals surface area contributed by atoms with Crippen LogP contribution in [0.4, 0.5) is 0 Å². The molecule has 0 atom stereocenters. The zero-order chi connectivity index (χ0) is 13.1. The molecule has 1 fully saturated rings. The van der Waals surface area contributed by atoms with Crippen LogP contribution in [0.15, 0.2) is 35.7 Å². The molecule has 1 heterocycles. The third-order valence-corrected chi connectivity index (χ3v) is 5.30. The molecule has 0 radical (unpaired) electrons. The second-order valence-electron chi connectivity index (χ2n) is 5.36. The minimum Gasteiger partial charge on any atom is -0.325 e. The monoisotopic (exact) mass is 272 g/mol. The molecule has 2 nitrogen and oxygen atoms in total. The van der Waals surface area contributed by atoms with Crippen molar-refractivity contribution < 1.29 is 0 Å². The van der Waals surface area contributed by atoms with E-state index in [1.165, 1.54) is 42.7 Å². The Morgan fingerprint density at radius 1 is 1.11 bits per heavy atom. The van der Waals surface area contributed by atoms with E-state index in [1.807, 2.05) is 0 Å². The van der Waals surface area contributed by atoms with Crippen LogP contribution < -0.4 is 5.73 Å². The van der Waals surface area contributed by atoms with Gasteiger partial charge < -0.3 is 5.73 Å². The summed E-state index contributed by atoms with van der Waals surface area (Å²) < 4.78 is 0. The molecule has 2 aromatic rings. The second kappa shape index (κ2) is 5.43. The van der Waals surface area contributed by atoms with Gasteiger partial charge in [-0.25, -0.2) is 4.98 Å². The van der Waals surface area contributed by atoms with Crippen molar-refractivity contribution in [3.63, 3.8) is 0 Å². The summed E-state index contributed by atoms with van der Waals surface area (Å²) >= 11 is 1.78. The van der Waals surface area contributed by atoms with Gasteiger partial charge in [-0.3, -0.25) is 0 Å². The molecule has 19 heavy (non-hydrogen) atoms. The molecule has 0 unspecified atom stereocenters. The summed E-state index contributed by atoms with van der Waals surface area (Å²) in [5, 5.41) is 3.38. The van der Waals surface area contributed by atoms with Crippen LogP contribution in [0.3, 0.4) is 0 Å².